The van der Waals surface area contributed by atoms with Crippen LogP contribution in [0.4, 0.5) is 11.4 Å². The van der Waals surface area contributed by atoms with Crippen molar-refractivity contribution in [3.63, 3.8) is 0 Å². The maximum Gasteiger partial charge on any atom is 0.264 e. The van der Waals surface area contributed by atoms with Crippen LogP contribution in [-0.2, 0) is 14.8 Å². The third-order valence-electron chi connectivity index (χ3n) is 5.22. The van der Waals surface area contributed by atoms with Gasteiger partial charge in [-0.1, -0.05) is 17.7 Å². The largest absolute Gasteiger partial charge is 0.493 e. The molecule has 186 valence electrons. The predicted molar refractivity (Wildman–Crippen MR) is 133 cm³/mol. The highest BCUT2D eigenvalue weighted by Gasteiger charge is 2.28. The number of hydrogen-bond donors (Lipinski definition) is 1. The minimum atomic E-state index is -4.14. The Morgan fingerprint density at radius 3 is 1.89 bits per heavy atom. The summed E-state index contributed by atoms with van der Waals surface area (Å²) < 4.78 is 49.3. The highest BCUT2D eigenvalue weighted by Crippen LogP contribution is 2.33. The molecule has 1 N–H and O–H groups in total. The molecule has 0 saturated heterocycles. The number of ether oxygens (including phenoxy) is 4. The third-order valence-corrected chi connectivity index (χ3v) is 6.99. The molecule has 3 rings (SSSR count). The second-order valence-electron chi connectivity index (χ2n) is 7.48. The van der Waals surface area contributed by atoms with Gasteiger partial charge in [-0.3, -0.25) is 9.10 Å². The van der Waals surface area contributed by atoms with Crippen molar-refractivity contribution in [1.82, 2.24) is 0 Å². The number of carbonyl (C=O) groups excluding carboxylic acids is 1. The van der Waals surface area contributed by atoms with E-state index in [9.17, 15) is 13.2 Å². The summed E-state index contributed by atoms with van der Waals surface area (Å²) in [6.45, 7) is 1.43. The summed E-state index contributed by atoms with van der Waals surface area (Å²) in [7, 11) is 1.73. The topological polar surface area (TPSA) is 103 Å². The molecule has 0 aromatic heterocycles. The Bertz CT molecular complexity index is 1290. The van der Waals surface area contributed by atoms with E-state index in [1.807, 2.05) is 6.92 Å². The van der Waals surface area contributed by atoms with Gasteiger partial charge in [0.15, 0.2) is 23.0 Å². The highest BCUT2D eigenvalue weighted by atomic mass is 32.2. The second kappa shape index (κ2) is 11.0. The first-order valence-corrected chi connectivity index (χ1v) is 12.0. The number of methoxy groups -OCH3 is 4. The lowest BCUT2D eigenvalue weighted by molar-refractivity contribution is -0.114. The van der Waals surface area contributed by atoms with E-state index in [4.69, 9.17) is 18.9 Å². The lowest BCUT2D eigenvalue weighted by Gasteiger charge is -2.24. The molecule has 0 heterocycles. The number of amides is 1. The summed E-state index contributed by atoms with van der Waals surface area (Å²) >= 11 is 0. The average Bonchev–Trinajstić information content (AvgIpc) is 2.87. The molecule has 3 aromatic carbocycles. The van der Waals surface area contributed by atoms with Gasteiger partial charge in [-0.25, -0.2) is 8.42 Å². The smallest absolute Gasteiger partial charge is 0.264 e. The maximum absolute atomic E-state index is 13.7. The average molecular weight is 501 g/mol. The van der Waals surface area contributed by atoms with Gasteiger partial charge in [0.2, 0.25) is 5.91 Å². The first-order valence-electron chi connectivity index (χ1n) is 10.6. The molecule has 0 bridgehead atoms. The van der Waals surface area contributed by atoms with Crippen molar-refractivity contribution in [2.24, 2.45) is 0 Å². The van der Waals surface area contributed by atoms with E-state index < -0.39 is 22.5 Å². The van der Waals surface area contributed by atoms with Crippen LogP contribution in [-0.4, -0.2) is 49.3 Å². The SMILES string of the molecule is COc1ccc(NC(=O)CN(c2ccc(C)cc2)S(=O)(=O)c2ccc(OC)c(OC)c2)cc1OC. The van der Waals surface area contributed by atoms with E-state index in [1.165, 1.54) is 46.6 Å². The van der Waals surface area contributed by atoms with Gasteiger partial charge in [0.1, 0.15) is 6.54 Å². The predicted octanol–water partition coefficient (Wildman–Crippen LogP) is 3.86. The van der Waals surface area contributed by atoms with Crippen molar-refractivity contribution in [3.8, 4) is 23.0 Å². The fourth-order valence-corrected chi connectivity index (χ4v) is 4.81. The maximum atomic E-state index is 13.7. The van der Waals surface area contributed by atoms with Crippen molar-refractivity contribution in [2.75, 3.05) is 44.6 Å². The van der Waals surface area contributed by atoms with Crippen LogP contribution in [0, 0.1) is 6.92 Å². The lowest BCUT2D eigenvalue weighted by Crippen LogP contribution is -2.38. The second-order valence-corrected chi connectivity index (χ2v) is 9.34. The van der Waals surface area contributed by atoms with Crippen molar-refractivity contribution >= 4 is 27.3 Å². The number of sulfonamides is 1. The van der Waals surface area contributed by atoms with Crippen molar-refractivity contribution < 1.29 is 32.2 Å². The molecular formula is C25H28N2O7S. The molecule has 0 aliphatic carbocycles. The van der Waals surface area contributed by atoms with Crippen LogP contribution in [0.5, 0.6) is 23.0 Å². The molecule has 0 radical (unpaired) electrons. The van der Waals surface area contributed by atoms with Gasteiger partial charge in [0, 0.05) is 17.8 Å². The Labute approximate surface area is 205 Å². The molecule has 35 heavy (non-hydrogen) atoms. The van der Waals surface area contributed by atoms with E-state index >= 15 is 0 Å². The first kappa shape index (κ1) is 25.7. The van der Waals surface area contributed by atoms with Crippen molar-refractivity contribution in [2.45, 2.75) is 11.8 Å². The minimum absolute atomic E-state index is 0.0466. The lowest BCUT2D eigenvalue weighted by atomic mass is 10.2. The molecule has 10 heteroatoms. The Hall–Kier alpha value is -3.92. The van der Waals surface area contributed by atoms with Gasteiger partial charge < -0.3 is 24.3 Å². The van der Waals surface area contributed by atoms with Gasteiger partial charge in [-0.05, 0) is 43.3 Å². The zero-order valence-corrected chi connectivity index (χ0v) is 21.0. The van der Waals surface area contributed by atoms with E-state index in [0.29, 0.717) is 28.6 Å². The molecule has 3 aromatic rings. The summed E-state index contributed by atoms with van der Waals surface area (Å²) in [5, 5.41) is 2.72. The molecule has 1 amide bonds. The molecule has 0 unspecified atom stereocenters. The minimum Gasteiger partial charge on any atom is -0.493 e. The number of anilines is 2. The summed E-state index contributed by atoms with van der Waals surface area (Å²) in [6.07, 6.45) is 0. The Morgan fingerprint density at radius 2 is 1.31 bits per heavy atom. The van der Waals surface area contributed by atoms with Crippen LogP contribution >= 0.6 is 0 Å². The summed E-state index contributed by atoms with van der Waals surface area (Å²) in [5.74, 6) is 1.04. The Kier molecular flexibility index (Phi) is 8.08. The van der Waals surface area contributed by atoms with Crippen LogP contribution in [0.2, 0.25) is 0 Å². The molecule has 0 aliphatic rings. The van der Waals surface area contributed by atoms with E-state index in [2.05, 4.69) is 5.32 Å². The number of nitrogens with zero attached hydrogens (tertiary/aromatic N) is 1. The molecule has 0 atom stereocenters. The normalized spacial score (nSPS) is 10.9. The summed E-state index contributed by atoms with van der Waals surface area (Å²) in [5.41, 5.74) is 1.72. The Balaban J connectivity index is 1.96. The van der Waals surface area contributed by atoms with Crippen LogP contribution < -0.4 is 28.6 Å². The quantitative estimate of drug-likeness (QED) is 0.451. The molecule has 0 saturated carbocycles. The van der Waals surface area contributed by atoms with Crippen LogP contribution in [0.1, 0.15) is 5.56 Å². The van der Waals surface area contributed by atoms with Crippen LogP contribution in [0.3, 0.4) is 0 Å². The monoisotopic (exact) mass is 500 g/mol. The van der Waals surface area contributed by atoms with E-state index in [1.54, 1.807) is 42.5 Å². The van der Waals surface area contributed by atoms with Crippen molar-refractivity contribution in [1.29, 1.82) is 0 Å². The number of carbonyl (C=O) groups is 1. The highest BCUT2D eigenvalue weighted by molar-refractivity contribution is 7.92. The zero-order valence-electron chi connectivity index (χ0n) is 20.2. The third kappa shape index (κ3) is 5.78. The number of benzene rings is 3. The van der Waals surface area contributed by atoms with Gasteiger partial charge in [-0.15, -0.1) is 0 Å². The van der Waals surface area contributed by atoms with Gasteiger partial charge in [0.05, 0.1) is 39.0 Å². The van der Waals surface area contributed by atoms with Gasteiger partial charge in [-0.2, -0.15) is 0 Å². The summed E-state index contributed by atoms with van der Waals surface area (Å²) in [4.78, 5) is 12.9. The first-order chi connectivity index (χ1) is 16.7. The number of aryl methyl sites for hydroxylation is 1. The molecular weight excluding hydrogens is 472 g/mol. The fourth-order valence-electron chi connectivity index (χ4n) is 3.38. The molecule has 0 fully saturated rings. The van der Waals surface area contributed by atoms with Gasteiger partial charge >= 0.3 is 0 Å². The number of nitrogens with one attached hydrogen (secondary N) is 1. The Morgan fingerprint density at radius 1 is 0.771 bits per heavy atom. The molecule has 9 nitrogen and oxygen atoms in total. The van der Waals surface area contributed by atoms with E-state index in [0.717, 1.165) is 9.87 Å². The number of hydrogen-bond acceptors (Lipinski definition) is 7. The van der Waals surface area contributed by atoms with Crippen molar-refractivity contribution in [3.05, 3.63) is 66.2 Å². The standard InChI is InChI=1S/C25H28N2O7S/c1-17-6-9-19(10-7-17)27(35(29,30)20-11-13-22(32-3)24(15-20)34-5)16-25(28)26-18-8-12-21(31-2)23(14-18)33-4/h6-15H,16H2,1-5H3,(H,26,28). The van der Waals surface area contributed by atoms with E-state index in [-0.39, 0.29) is 10.6 Å². The van der Waals surface area contributed by atoms with Crippen LogP contribution in [0.15, 0.2) is 65.6 Å². The summed E-state index contributed by atoms with van der Waals surface area (Å²) in [6, 6.07) is 16.0. The number of rotatable bonds is 10. The zero-order chi connectivity index (χ0) is 25.6. The fraction of sp³-hybridized carbons (Fsp3) is 0.240. The molecule has 0 aliphatic heterocycles. The van der Waals surface area contributed by atoms with Crippen LogP contribution in [0.25, 0.3) is 0 Å². The van der Waals surface area contributed by atoms with Gasteiger partial charge in [0.25, 0.3) is 10.0 Å². The molecule has 0 spiro atoms.